The molecule has 0 aromatic rings. The molecule has 2 aliphatic rings. The first kappa shape index (κ1) is 11.4. The van der Waals surface area contributed by atoms with Crippen molar-refractivity contribution < 1.29 is 9.84 Å². The zero-order valence-corrected chi connectivity index (χ0v) is 9.83. The number of hydrogen-bond acceptors (Lipinski definition) is 3. The highest BCUT2D eigenvalue weighted by Crippen LogP contribution is 2.34. The van der Waals surface area contributed by atoms with Crippen LogP contribution in [-0.4, -0.2) is 36.0 Å². The standard InChI is InChI=1S/C12H23NO2/c1-3-11(10-4-5-10)13-8-12(14)6-7-15-9(12)2/h9-11,13-14H,3-8H2,1-2H3. The van der Waals surface area contributed by atoms with Gasteiger partial charge in [0.05, 0.1) is 6.10 Å². The summed E-state index contributed by atoms with van der Waals surface area (Å²) in [6.45, 7) is 5.56. The number of ether oxygens (including phenoxy) is 1. The molecule has 0 spiro atoms. The molecule has 3 heteroatoms. The summed E-state index contributed by atoms with van der Waals surface area (Å²) in [5.74, 6) is 0.858. The second-order valence-electron chi connectivity index (χ2n) is 5.10. The topological polar surface area (TPSA) is 41.5 Å². The van der Waals surface area contributed by atoms with E-state index in [1.54, 1.807) is 0 Å². The zero-order valence-electron chi connectivity index (χ0n) is 9.83. The SMILES string of the molecule is CCC(NCC1(O)CCOC1C)C1CC1. The van der Waals surface area contributed by atoms with E-state index in [4.69, 9.17) is 4.74 Å². The van der Waals surface area contributed by atoms with Crippen molar-refractivity contribution >= 4 is 0 Å². The van der Waals surface area contributed by atoms with Crippen LogP contribution < -0.4 is 5.32 Å². The lowest BCUT2D eigenvalue weighted by Gasteiger charge is -2.29. The maximum Gasteiger partial charge on any atom is 0.105 e. The summed E-state index contributed by atoms with van der Waals surface area (Å²) in [7, 11) is 0. The van der Waals surface area contributed by atoms with Gasteiger partial charge in [0.2, 0.25) is 0 Å². The molecule has 1 aliphatic heterocycles. The Labute approximate surface area is 92.2 Å². The number of rotatable bonds is 5. The first-order chi connectivity index (χ1) is 7.15. The molecule has 15 heavy (non-hydrogen) atoms. The van der Waals surface area contributed by atoms with E-state index in [9.17, 15) is 5.11 Å². The molecule has 1 saturated carbocycles. The zero-order chi connectivity index (χ0) is 10.9. The largest absolute Gasteiger partial charge is 0.386 e. The normalized spacial score (nSPS) is 38.2. The fourth-order valence-electron chi connectivity index (χ4n) is 2.45. The summed E-state index contributed by atoms with van der Waals surface area (Å²) in [5.41, 5.74) is -0.637. The van der Waals surface area contributed by atoms with Gasteiger partial charge in [-0.2, -0.15) is 0 Å². The second kappa shape index (κ2) is 4.40. The van der Waals surface area contributed by atoms with Crippen molar-refractivity contribution in [3.05, 3.63) is 0 Å². The molecule has 1 aliphatic carbocycles. The molecule has 88 valence electrons. The number of nitrogens with one attached hydrogen (secondary N) is 1. The van der Waals surface area contributed by atoms with Crippen molar-refractivity contribution in [2.45, 2.75) is 57.3 Å². The van der Waals surface area contributed by atoms with Gasteiger partial charge in [-0.05, 0) is 32.1 Å². The van der Waals surface area contributed by atoms with Crippen LogP contribution in [0.1, 0.15) is 39.5 Å². The Morgan fingerprint density at radius 1 is 1.53 bits per heavy atom. The van der Waals surface area contributed by atoms with Gasteiger partial charge in [0.1, 0.15) is 5.60 Å². The van der Waals surface area contributed by atoms with Crippen molar-refractivity contribution in [1.82, 2.24) is 5.32 Å². The summed E-state index contributed by atoms with van der Waals surface area (Å²) >= 11 is 0. The van der Waals surface area contributed by atoms with Gasteiger partial charge in [-0.3, -0.25) is 0 Å². The molecule has 3 nitrogen and oxygen atoms in total. The molecule has 2 N–H and O–H groups in total. The summed E-state index contributed by atoms with van der Waals surface area (Å²) in [6.07, 6.45) is 4.62. The molecule has 2 rings (SSSR count). The molecule has 0 bridgehead atoms. The Morgan fingerprint density at radius 2 is 2.27 bits per heavy atom. The highest BCUT2D eigenvalue weighted by atomic mass is 16.5. The maximum absolute atomic E-state index is 10.3. The molecule has 2 fully saturated rings. The summed E-state index contributed by atoms with van der Waals surface area (Å²) in [4.78, 5) is 0. The average Bonchev–Trinajstić information content (AvgIpc) is 2.98. The third-order valence-electron chi connectivity index (χ3n) is 3.96. The lowest BCUT2D eigenvalue weighted by molar-refractivity contribution is -0.0281. The summed E-state index contributed by atoms with van der Waals surface area (Å²) < 4.78 is 5.42. The second-order valence-corrected chi connectivity index (χ2v) is 5.10. The van der Waals surface area contributed by atoms with Gasteiger partial charge in [0.25, 0.3) is 0 Å². The molecule has 3 atom stereocenters. The molecular weight excluding hydrogens is 190 g/mol. The Morgan fingerprint density at radius 3 is 2.73 bits per heavy atom. The van der Waals surface area contributed by atoms with Crippen LogP contribution in [0.15, 0.2) is 0 Å². The van der Waals surface area contributed by atoms with Crippen LogP contribution in [0, 0.1) is 5.92 Å². The van der Waals surface area contributed by atoms with Gasteiger partial charge in [0.15, 0.2) is 0 Å². The maximum atomic E-state index is 10.3. The van der Waals surface area contributed by atoms with E-state index >= 15 is 0 Å². The minimum atomic E-state index is -0.637. The molecular formula is C12H23NO2. The summed E-state index contributed by atoms with van der Waals surface area (Å²) in [6, 6.07) is 0.599. The first-order valence-corrected chi connectivity index (χ1v) is 6.23. The van der Waals surface area contributed by atoms with E-state index < -0.39 is 5.60 Å². The highest BCUT2D eigenvalue weighted by molar-refractivity contribution is 4.94. The monoisotopic (exact) mass is 213 g/mol. The van der Waals surface area contributed by atoms with Crippen molar-refractivity contribution in [2.24, 2.45) is 5.92 Å². The molecule has 0 amide bonds. The van der Waals surface area contributed by atoms with Gasteiger partial charge in [0, 0.05) is 25.6 Å². The Balaban J connectivity index is 1.80. The summed E-state index contributed by atoms with van der Waals surface area (Å²) in [5, 5.41) is 13.8. The van der Waals surface area contributed by atoms with E-state index in [0.717, 1.165) is 18.8 Å². The van der Waals surface area contributed by atoms with Crippen molar-refractivity contribution in [1.29, 1.82) is 0 Å². The molecule has 3 unspecified atom stereocenters. The van der Waals surface area contributed by atoms with E-state index in [1.807, 2.05) is 6.92 Å². The predicted molar refractivity (Wildman–Crippen MR) is 59.8 cm³/mol. The fraction of sp³-hybridized carbons (Fsp3) is 1.00. The lowest BCUT2D eigenvalue weighted by Crippen LogP contribution is -2.49. The van der Waals surface area contributed by atoms with Crippen molar-refractivity contribution in [3.63, 3.8) is 0 Å². The van der Waals surface area contributed by atoms with Crippen LogP contribution in [-0.2, 0) is 4.74 Å². The smallest absolute Gasteiger partial charge is 0.105 e. The van der Waals surface area contributed by atoms with Gasteiger partial charge < -0.3 is 15.2 Å². The minimum Gasteiger partial charge on any atom is -0.386 e. The first-order valence-electron chi connectivity index (χ1n) is 6.23. The van der Waals surface area contributed by atoms with Crippen LogP contribution in [0.4, 0.5) is 0 Å². The highest BCUT2D eigenvalue weighted by Gasteiger charge is 2.40. The van der Waals surface area contributed by atoms with Crippen LogP contribution in [0.3, 0.4) is 0 Å². The van der Waals surface area contributed by atoms with Crippen LogP contribution in [0.2, 0.25) is 0 Å². The van der Waals surface area contributed by atoms with Crippen molar-refractivity contribution in [2.75, 3.05) is 13.2 Å². The number of aliphatic hydroxyl groups is 1. The van der Waals surface area contributed by atoms with E-state index in [1.165, 1.54) is 12.8 Å². The number of hydrogen-bond donors (Lipinski definition) is 2. The molecule has 1 saturated heterocycles. The molecule has 0 aromatic carbocycles. The molecule has 0 radical (unpaired) electrons. The Hall–Kier alpha value is -0.120. The molecule has 0 aromatic heterocycles. The van der Waals surface area contributed by atoms with E-state index in [-0.39, 0.29) is 6.10 Å². The van der Waals surface area contributed by atoms with Crippen LogP contribution in [0.25, 0.3) is 0 Å². The van der Waals surface area contributed by atoms with Gasteiger partial charge >= 0.3 is 0 Å². The molecule has 1 heterocycles. The van der Waals surface area contributed by atoms with Crippen LogP contribution >= 0.6 is 0 Å². The minimum absolute atomic E-state index is 0.0262. The van der Waals surface area contributed by atoms with E-state index in [2.05, 4.69) is 12.2 Å². The van der Waals surface area contributed by atoms with Gasteiger partial charge in [-0.15, -0.1) is 0 Å². The quantitative estimate of drug-likeness (QED) is 0.723. The third kappa shape index (κ3) is 2.52. The van der Waals surface area contributed by atoms with Gasteiger partial charge in [-0.1, -0.05) is 6.92 Å². The Kier molecular flexibility index (Phi) is 3.33. The van der Waals surface area contributed by atoms with Crippen LogP contribution in [0.5, 0.6) is 0 Å². The lowest BCUT2D eigenvalue weighted by atomic mass is 9.96. The predicted octanol–water partition coefficient (Wildman–Crippen LogP) is 1.30. The van der Waals surface area contributed by atoms with Gasteiger partial charge in [-0.25, -0.2) is 0 Å². The fourth-order valence-corrected chi connectivity index (χ4v) is 2.45. The third-order valence-corrected chi connectivity index (χ3v) is 3.96. The Bertz CT molecular complexity index is 218. The van der Waals surface area contributed by atoms with E-state index in [0.29, 0.717) is 19.2 Å². The average molecular weight is 213 g/mol. The van der Waals surface area contributed by atoms with Crippen molar-refractivity contribution in [3.8, 4) is 0 Å².